The highest BCUT2D eigenvalue weighted by Gasteiger charge is 2.11. The normalized spacial score (nSPS) is 9.90. The lowest BCUT2D eigenvalue weighted by Crippen LogP contribution is -2.13. The molecule has 2 aromatic rings. The van der Waals surface area contributed by atoms with Crippen molar-refractivity contribution in [2.75, 3.05) is 5.32 Å². The van der Waals surface area contributed by atoms with Crippen molar-refractivity contribution in [3.05, 3.63) is 64.7 Å². The van der Waals surface area contributed by atoms with E-state index in [2.05, 4.69) is 5.32 Å². The van der Waals surface area contributed by atoms with Crippen molar-refractivity contribution in [2.24, 2.45) is 0 Å². The second-order valence-corrected chi connectivity index (χ2v) is 4.25. The Labute approximate surface area is 114 Å². The molecule has 1 N–H and O–H groups in total. The smallest absolute Gasteiger partial charge is 0.255 e. The molecule has 0 aliphatic carbocycles. The number of carbonyl (C=O) groups excluding carboxylic acids is 1. The summed E-state index contributed by atoms with van der Waals surface area (Å²) in [6, 6.07) is 9.34. The Hall–Kier alpha value is -2.74. The van der Waals surface area contributed by atoms with E-state index in [0.717, 1.165) is 17.7 Å². The molecule has 5 heteroatoms. The maximum Gasteiger partial charge on any atom is 0.255 e. The summed E-state index contributed by atoms with van der Waals surface area (Å²) >= 11 is 0. The van der Waals surface area contributed by atoms with Crippen molar-refractivity contribution in [3.63, 3.8) is 0 Å². The van der Waals surface area contributed by atoms with Crippen LogP contribution in [-0.4, -0.2) is 5.91 Å². The van der Waals surface area contributed by atoms with E-state index in [1.165, 1.54) is 6.07 Å². The number of nitrogens with zero attached hydrogens (tertiary/aromatic N) is 1. The molecule has 0 spiro atoms. The first-order valence-electron chi connectivity index (χ1n) is 5.78. The Bertz CT molecular complexity index is 700. The van der Waals surface area contributed by atoms with Crippen LogP contribution in [-0.2, 0) is 0 Å². The van der Waals surface area contributed by atoms with E-state index >= 15 is 0 Å². The molecule has 20 heavy (non-hydrogen) atoms. The summed E-state index contributed by atoms with van der Waals surface area (Å²) in [5.41, 5.74) is 1.44. The molecule has 3 nitrogen and oxygen atoms in total. The van der Waals surface area contributed by atoms with Crippen molar-refractivity contribution >= 4 is 11.6 Å². The van der Waals surface area contributed by atoms with Gasteiger partial charge in [0.05, 0.1) is 11.6 Å². The maximum atomic E-state index is 13.1. The molecule has 0 saturated heterocycles. The molecule has 0 aliphatic heterocycles. The summed E-state index contributed by atoms with van der Waals surface area (Å²) in [7, 11) is 0. The van der Waals surface area contributed by atoms with Gasteiger partial charge in [0.15, 0.2) is 0 Å². The van der Waals surface area contributed by atoms with Crippen molar-refractivity contribution in [3.8, 4) is 6.07 Å². The number of amides is 1. The quantitative estimate of drug-likeness (QED) is 0.911. The zero-order chi connectivity index (χ0) is 14.7. The Morgan fingerprint density at radius 2 is 1.80 bits per heavy atom. The minimum atomic E-state index is -0.822. The Morgan fingerprint density at radius 3 is 2.40 bits per heavy atom. The summed E-state index contributed by atoms with van der Waals surface area (Å²) < 4.78 is 26.1. The van der Waals surface area contributed by atoms with Crippen LogP contribution in [0.5, 0.6) is 0 Å². The molecule has 0 aliphatic rings. The predicted octanol–water partition coefficient (Wildman–Crippen LogP) is 3.40. The molecule has 0 unspecified atom stereocenters. The first-order valence-corrected chi connectivity index (χ1v) is 5.78. The van der Waals surface area contributed by atoms with Crippen LogP contribution in [0.4, 0.5) is 14.5 Å². The SMILES string of the molecule is Cc1ccc(C#N)cc1NC(=O)c1cc(F)cc(F)c1. The number of anilines is 1. The average molecular weight is 272 g/mol. The van der Waals surface area contributed by atoms with Gasteiger partial charge in [0.2, 0.25) is 0 Å². The molecule has 0 saturated carbocycles. The topological polar surface area (TPSA) is 52.9 Å². The fraction of sp³-hybridized carbons (Fsp3) is 0.0667. The predicted molar refractivity (Wildman–Crippen MR) is 70.2 cm³/mol. The molecule has 0 radical (unpaired) electrons. The average Bonchev–Trinajstić information content (AvgIpc) is 2.40. The first kappa shape index (κ1) is 13.7. The molecule has 0 bridgehead atoms. The number of carbonyl (C=O) groups is 1. The highest BCUT2D eigenvalue weighted by molar-refractivity contribution is 6.04. The highest BCUT2D eigenvalue weighted by atomic mass is 19.1. The number of hydrogen-bond donors (Lipinski definition) is 1. The highest BCUT2D eigenvalue weighted by Crippen LogP contribution is 2.18. The van der Waals surface area contributed by atoms with Gasteiger partial charge in [-0.3, -0.25) is 4.79 Å². The second-order valence-electron chi connectivity index (χ2n) is 4.25. The number of aryl methyl sites for hydroxylation is 1. The third kappa shape index (κ3) is 2.98. The van der Waals surface area contributed by atoms with Gasteiger partial charge in [0.25, 0.3) is 5.91 Å². The first-order chi connectivity index (χ1) is 9.49. The number of nitrogens with one attached hydrogen (secondary N) is 1. The Kier molecular flexibility index (Phi) is 3.76. The number of hydrogen-bond acceptors (Lipinski definition) is 2. The second kappa shape index (κ2) is 5.49. The fourth-order valence-electron chi connectivity index (χ4n) is 1.71. The molecule has 0 heterocycles. The van der Waals surface area contributed by atoms with Gasteiger partial charge in [0, 0.05) is 17.3 Å². The summed E-state index contributed by atoms with van der Waals surface area (Å²) in [5.74, 6) is -2.28. The molecule has 0 atom stereocenters. The van der Waals surface area contributed by atoms with Crippen molar-refractivity contribution < 1.29 is 13.6 Å². The van der Waals surface area contributed by atoms with E-state index in [0.29, 0.717) is 17.3 Å². The molecule has 2 rings (SSSR count). The summed E-state index contributed by atoms with van der Waals surface area (Å²) in [6.45, 7) is 1.75. The van der Waals surface area contributed by atoms with E-state index in [1.54, 1.807) is 19.1 Å². The standard InChI is InChI=1S/C15H10F2N2O/c1-9-2-3-10(8-18)4-14(9)19-15(20)11-5-12(16)7-13(17)6-11/h2-7H,1H3,(H,19,20). The number of nitriles is 1. The van der Waals surface area contributed by atoms with Crippen LogP contribution in [0.25, 0.3) is 0 Å². The molecule has 0 aromatic heterocycles. The van der Waals surface area contributed by atoms with Crippen LogP contribution in [0, 0.1) is 29.9 Å². The minimum absolute atomic E-state index is 0.121. The van der Waals surface area contributed by atoms with Gasteiger partial charge in [-0.1, -0.05) is 6.07 Å². The Morgan fingerprint density at radius 1 is 1.15 bits per heavy atom. The maximum absolute atomic E-state index is 13.1. The lowest BCUT2D eigenvalue weighted by atomic mass is 10.1. The monoisotopic (exact) mass is 272 g/mol. The van der Waals surface area contributed by atoms with Crippen LogP contribution < -0.4 is 5.32 Å². The van der Waals surface area contributed by atoms with E-state index < -0.39 is 17.5 Å². The zero-order valence-corrected chi connectivity index (χ0v) is 10.6. The van der Waals surface area contributed by atoms with Gasteiger partial charge < -0.3 is 5.32 Å². The summed E-state index contributed by atoms with van der Waals surface area (Å²) in [4.78, 5) is 11.9. The van der Waals surface area contributed by atoms with Gasteiger partial charge in [-0.25, -0.2) is 8.78 Å². The number of halogens is 2. The largest absolute Gasteiger partial charge is 0.322 e. The van der Waals surface area contributed by atoms with E-state index in [1.807, 2.05) is 6.07 Å². The van der Waals surface area contributed by atoms with Crippen LogP contribution in [0.15, 0.2) is 36.4 Å². The molecular weight excluding hydrogens is 262 g/mol. The molecule has 1 amide bonds. The molecule has 100 valence electrons. The third-order valence-corrected chi connectivity index (χ3v) is 2.74. The van der Waals surface area contributed by atoms with Gasteiger partial charge >= 0.3 is 0 Å². The third-order valence-electron chi connectivity index (χ3n) is 2.74. The van der Waals surface area contributed by atoms with Crippen LogP contribution in [0.3, 0.4) is 0 Å². The fourth-order valence-corrected chi connectivity index (χ4v) is 1.71. The minimum Gasteiger partial charge on any atom is -0.322 e. The van der Waals surface area contributed by atoms with Crippen LogP contribution in [0.2, 0.25) is 0 Å². The van der Waals surface area contributed by atoms with Gasteiger partial charge in [0.1, 0.15) is 11.6 Å². The molecule has 2 aromatic carbocycles. The number of rotatable bonds is 2. The van der Waals surface area contributed by atoms with Gasteiger partial charge in [-0.05, 0) is 36.8 Å². The lowest BCUT2D eigenvalue weighted by Gasteiger charge is -2.09. The van der Waals surface area contributed by atoms with Crippen molar-refractivity contribution in [1.82, 2.24) is 0 Å². The number of benzene rings is 2. The summed E-state index contributed by atoms with van der Waals surface area (Å²) in [5, 5.41) is 11.3. The van der Waals surface area contributed by atoms with E-state index in [9.17, 15) is 13.6 Å². The molecular formula is C15H10F2N2O. The molecule has 0 fully saturated rings. The zero-order valence-electron chi connectivity index (χ0n) is 10.6. The van der Waals surface area contributed by atoms with Gasteiger partial charge in [-0.15, -0.1) is 0 Å². The van der Waals surface area contributed by atoms with E-state index in [-0.39, 0.29) is 5.56 Å². The van der Waals surface area contributed by atoms with E-state index in [4.69, 9.17) is 5.26 Å². The Balaban J connectivity index is 2.30. The van der Waals surface area contributed by atoms with Crippen molar-refractivity contribution in [2.45, 2.75) is 6.92 Å². The van der Waals surface area contributed by atoms with Crippen LogP contribution in [0.1, 0.15) is 21.5 Å². The van der Waals surface area contributed by atoms with Crippen LogP contribution >= 0.6 is 0 Å². The van der Waals surface area contributed by atoms with Crippen molar-refractivity contribution in [1.29, 1.82) is 5.26 Å². The lowest BCUT2D eigenvalue weighted by molar-refractivity contribution is 0.102. The summed E-state index contributed by atoms with van der Waals surface area (Å²) in [6.07, 6.45) is 0. The van der Waals surface area contributed by atoms with Gasteiger partial charge in [-0.2, -0.15) is 5.26 Å².